The van der Waals surface area contributed by atoms with Gasteiger partial charge in [0.05, 0.1) is 18.3 Å². The summed E-state index contributed by atoms with van der Waals surface area (Å²) in [6.07, 6.45) is 1.18. The number of hydrogen-bond acceptors (Lipinski definition) is 4. The molecule has 2 aromatic rings. The van der Waals surface area contributed by atoms with Crippen molar-refractivity contribution in [1.82, 2.24) is 4.90 Å². The molecule has 2 heterocycles. The molecule has 5 rings (SSSR count). The van der Waals surface area contributed by atoms with Crippen molar-refractivity contribution in [3.05, 3.63) is 59.4 Å². The highest BCUT2D eigenvalue weighted by Crippen LogP contribution is 2.39. The van der Waals surface area contributed by atoms with Crippen LogP contribution in [0.25, 0.3) is 0 Å². The SMILES string of the molecule is O=C(c1cccc2c1OCC2)N1C[C@H]2C[C@@H](Oc3ccc(F)cc3)[C@H](O)C[C@H]2C1. The summed E-state index contributed by atoms with van der Waals surface area (Å²) in [5.74, 6) is 1.51. The van der Waals surface area contributed by atoms with E-state index in [0.717, 1.165) is 17.7 Å². The van der Waals surface area contributed by atoms with Crippen LogP contribution < -0.4 is 9.47 Å². The molecule has 5 nitrogen and oxygen atoms in total. The number of para-hydroxylation sites is 1. The molecule has 0 aromatic heterocycles. The van der Waals surface area contributed by atoms with Crippen molar-refractivity contribution in [2.45, 2.75) is 31.5 Å². The summed E-state index contributed by atoms with van der Waals surface area (Å²) in [4.78, 5) is 15.0. The zero-order valence-corrected chi connectivity index (χ0v) is 16.1. The molecule has 1 amide bonds. The highest BCUT2D eigenvalue weighted by Gasteiger charge is 2.44. The fraction of sp³-hybridized carbons (Fsp3) is 0.435. The molecule has 1 N–H and O–H groups in total. The molecule has 1 saturated heterocycles. The van der Waals surface area contributed by atoms with Crippen molar-refractivity contribution in [3.8, 4) is 11.5 Å². The van der Waals surface area contributed by atoms with E-state index >= 15 is 0 Å². The molecule has 152 valence electrons. The molecule has 0 bridgehead atoms. The van der Waals surface area contributed by atoms with Crippen molar-refractivity contribution in [3.63, 3.8) is 0 Å². The lowest BCUT2D eigenvalue weighted by atomic mass is 9.78. The number of halogens is 1. The van der Waals surface area contributed by atoms with Gasteiger partial charge in [-0.1, -0.05) is 12.1 Å². The van der Waals surface area contributed by atoms with Crippen LogP contribution in [0.1, 0.15) is 28.8 Å². The molecule has 0 unspecified atom stereocenters. The van der Waals surface area contributed by atoms with Crippen molar-refractivity contribution < 1.29 is 23.8 Å². The predicted molar refractivity (Wildman–Crippen MR) is 105 cm³/mol. The second-order valence-corrected chi connectivity index (χ2v) is 8.27. The fourth-order valence-corrected chi connectivity index (χ4v) is 4.92. The largest absolute Gasteiger partial charge is 0.492 e. The van der Waals surface area contributed by atoms with E-state index in [1.807, 2.05) is 23.1 Å². The Labute approximate surface area is 169 Å². The molecule has 2 aromatic carbocycles. The summed E-state index contributed by atoms with van der Waals surface area (Å²) < 4.78 is 24.7. The number of amides is 1. The number of aliphatic hydroxyl groups excluding tert-OH is 1. The van der Waals surface area contributed by atoms with Crippen LogP contribution in [0, 0.1) is 17.7 Å². The van der Waals surface area contributed by atoms with Gasteiger partial charge in [0.25, 0.3) is 5.91 Å². The number of benzene rings is 2. The molecule has 6 heteroatoms. The van der Waals surface area contributed by atoms with E-state index in [2.05, 4.69) is 0 Å². The van der Waals surface area contributed by atoms with Gasteiger partial charge in [-0.2, -0.15) is 0 Å². The average Bonchev–Trinajstić information content (AvgIpc) is 3.36. The van der Waals surface area contributed by atoms with Crippen LogP contribution in [0.5, 0.6) is 11.5 Å². The van der Waals surface area contributed by atoms with Gasteiger partial charge in [0.2, 0.25) is 0 Å². The summed E-state index contributed by atoms with van der Waals surface area (Å²) in [5, 5.41) is 10.6. The van der Waals surface area contributed by atoms with Crippen LogP contribution in [-0.2, 0) is 6.42 Å². The van der Waals surface area contributed by atoms with E-state index < -0.39 is 6.10 Å². The lowest BCUT2D eigenvalue weighted by molar-refractivity contribution is -0.0231. The Balaban J connectivity index is 1.28. The average molecular weight is 397 g/mol. The van der Waals surface area contributed by atoms with Crippen LogP contribution >= 0.6 is 0 Å². The highest BCUT2D eigenvalue weighted by molar-refractivity contribution is 5.97. The van der Waals surface area contributed by atoms with E-state index in [-0.39, 0.29) is 29.7 Å². The first-order chi connectivity index (χ1) is 14.1. The smallest absolute Gasteiger partial charge is 0.257 e. The van der Waals surface area contributed by atoms with Crippen LogP contribution in [0.15, 0.2) is 42.5 Å². The fourth-order valence-electron chi connectivity index (χ4n) is 4.92. The number of hydrogen-bond donors (Lipinski definition) is 1. The van der Waals surface area contributed by atoms with Crippen LogP contribution in [0.3, 0.4) is 0 Å². The van der Waals surface area contributed by atoms with Gasteiger partial charge in [-0.05, 0) is 60.6 Å². The highest BCUT2D eigenvalue weighted by atomic mass is 19.1. The quantitative estimate of drug-likeness (QED) is 0.865. The van der Waals surface area contributed by atoms with Gasteiger partial charge in [-0.3, -0.25) is 4.79 Å². The number of fused-ring (bicyclic) bond motifs is 2. The molecule has 3 aliphatic rings. The summed E-state index contributed by atoms with van der Waals surface area (Å²) in [5.41, 5.74) is 1.73. The summed E-state index contributed by atoms with van der Waals surface area (Å²) >= 11 is 0. The normalized spacial score (nSPS) is 27.9. The number of rotatable bonds is 3. The van der Waals surface area contributed by atoms with Gasteiger partial charge in [-0.15, -0.1) is 0 Å². The first kappa shape index (κ1) is 18.4. The zero-order chi connectivity index (χ0) is 20.0. The summed E-state index contributed by atoms with van der Waals surface area (Å²) in [6, 6.07) is 11.6. The van der Waals surface area contributed by atoms with Gasteiger partial charge in [0, 0.05) is 19.5 Å². The molecular weight excluding hydrogens is 373 g/mol. The van der Waals surface area contributed by atoms with Crippen LogP contribution in [0.2, 0.25) is 0 Å². The molecule has 4 atom stereocenters. The van der Waals surface area contributed by atoms with Crippen LogP contribution in [0.4, 0.5) is 4.39 Å². The van der Waals surface area contributed by atoms with Gasteiger partial charge in [0.1, 0.15) is 23.4 Å². The van der Waals surface area contributed by atoms with Gasteiger partial charge >= 0.3 is 0 Å². The number of carbonyl (C=O) groups excluding carboxylic acids is 1. The second-order valence-electron chi connectivity index (χ2n) is 8.27. The third kappa shape index (κ3) is 3.46. The maximum atomic E-state index is 13.2. The molecule has 1 saturated carbocycles. The zero-order valence-electron chi connectivity index (χ0n) is 16.1. The van der Waals surface area contributed by atoms with E-state index in [9.17, 15) is 14.3 Å². The minimum absolute atomic E-state index is 0.00337. The van der Waals surface area contributed by atoms with Crippen molar-refractivity contribution >= 4 is 5.91 Å². The first-order valence-electron chi connectivity index (χ1n) is 10.2. The molecule has 0 radical (unpaired) electrons. The number of likely N-dealkylation sites (tertiary alicyclic amines) is 1. The Morgan fingerprint density at radius 1 is 1.10 bits per heavy atom. The first-order valence-corrected chi connectivity index (χ1v) is 10.2. The van der Waals surface area contributed by atoms with Crippen molar-refractivity contribution in [1.29, 1.82) is 0 Å². The number of carbonyl (C=O) groups is 1. The number of nitrogens with zero attached hydrogens (tertiary/aromatic N) is 1. The van der Waals surface area contributed by atoms with Crippen molar-refractivity contribution in [2.24, 2.45) is 11.8 Å². The van der Waals surface area contributed by atoms with Crippen molar-refractivity contribution in [2.75, 3.05) is 19.7 Å². The molecule has 2 aliphatic heterocycles. The Kier molecular flexibility index (Phi) is 4.66. The Morgan fingerprint density at radius 3 is 2.66 bits per heavy atom. The van der Waals surface area contributed by atoms with Gasteiger partial charge in [0.15, 0.2) is 0 Å². The van der Waals surface area contributed by atoms with E-state index in [4.69, 9.17) is 9.47 Å². The molecule has 2 fully saturated rings. The Morgan fingerprint density at radius 2 is 1.86 bits per heavy atom. The molecule has 29 heavy (non-hydrogen) atoms. The summed E-state index contributed by atoms with van der Waals surface area (Å²) in [7, 11) is 0. The lowest BCUT2D eigenvalue weighted by Crippen LogP contribution is -2.42. The Hall–Kier alpha value is -2.60. The van der Waals surface area contributed by atoms with E-state index in [0.29, 0.717) is 43.9 Å². The third-order valence-electron chi connectivity index (χ3n) is 6.42. The van der Waals surface area contributed by atoms with E-state index in [1.54, 1.807) is 12.1 Å². The molecular formula is C23H24FNO4. The monoisotopic (exact) mass is 397 g/mol. The minimum atomic E-state index is -0.597. The predicted octanol–water partition coefficient (Wildman–Crippen LogP) is 3.05. The number of ether oxygens (including phenoxy) is 2. The van der Waals surface area contributed by atoms with Gasteiger partial charge in [-0.25, -0.2) is 4.39 Å². The summed E-state index contributed by atoms with van der Waals surface area (Å²) in [6.45, 7) is 1.93. The topological polar surface area (TPSA) is 59.0 Å². The van der Waals surface area contributed by atoms with Crippen LogP contribution in [-0.4, -0.2) is 47.8 Å². The standard InChI is InChI=1S/C23H24FNO4/c24-17-4-6-18(7-5-17)29-21-11-16-13-25(12-15(16)10-20(21)26)23(27)19-3-1-2-14-8-9-28-22(14)19/h1-7,15-16,20-21,26H,8-13H2/t15-,16+,20+,21+/m0/s1. The Bertz CT molecular complexity index is 916. The maximum absolute atomic E-state index is 13.2. The van der Waals surface area contributed by atoms with E-state index in [1.165, 1.54) is 12.1 Å². The molecule has 0 spiro atoms. The van der Waals surface area contributed by atoms with Gasteiger partial charge < -0.3 is 19.5 Å². The second kappa shape index (κ2) is 7.34. The third-order valence-corrected chi connectivity index (χ3v) is 6.42. The lowest BCUT2D eigenvalue weighted by Gasteiger charge is -2.35. The minimum Gasteiger partial charge on any atom is -0.492 e. The maximum Gasteiger partial charge on any atom is 0.257 e. The number of aliphatic hydroxyl groups is 1. The molecule has 1 aliphatic carbocycles.